The number of aromatic nitrogens is 1. The Morgan fingerprint density at radius 3 is 2.68 bits per heavy atom. The Morgan fingerprint density at radius 2 is 1.96 bits per heavy atom. The Morgan fingerprint density at radius 1 is 1.21 bits per heavy atom. The molecule has 0 radical (unpaired) electrons. The molecule has 152 valence electrons. The van der Waals surface area contributed by atoms with Crippen LogP contribution in [-0.4, -0.2) is 47.9 Å². The summed E-state index contributed by atoms with van der Waals surface area (Å²) in [5.74, 6) is 1.48. The fourth-order valence-corrected chi connectivity index (χ4v) is 3.01. The van der Waals surface area contributed by atoms with Gasteiger partial charge in [-0.2, -0.15) is 0 Å². The second-order valence-corrected chi connectivity index (χ2v) is 6.47. The van der Waals surface area contributed by atoms with Gasteiger partial charge in [0.25, 0.3) is 0 Å². The fraction of sp³-hybridized carbons (Fsp3) is 0.450. The summed E-state index contributed by atoms with van der Waals surface area (Å²) < 4.78 is 5.54. The number of hydrogen-bond acceptors (Lipinski definition) is 4. The van der Waals surface area contributed by atoms with Gasteiger partial charge in [0.2, 0.25) is 11.8 Å². The van der Waals surface area contributed by atoms with Crippen molar-refractivity contribution in [2.24, 2.45) is 4.99 Å². The SMILES string of the molecule is CCNC(=NCc1coc(-c2ccccc2)n1)NCCC(=O)N1CCCC1.I. The van der Waals surface area contributed by atoms with Gasteiger partial charge in [0, 0.05) is 38.2 Å². The van der Waals surface area contributed by atoms with Crippen LogP contribution in [0.5, 0.6) is 0 Å². The van der Waals surface area contributed by atoms with Crippen LogP contribution in [0.15, 0.2) is 46.0 Å². The third-order valence-electron chi connectivity index (χ3n) is 4.41. The highest BCUT2D eigenvalue weighted by molar-refractivity contribution is 14.0. The van der Waals surface area contributed by atoms with E-state index in [1.165, 1.54) is 0 Å². The number of hydrogen-bond donors (Lipinski definition) is 2. The number of carbonyl (C=O) groups is 1. The van der Waals surface area contributed by atoms with Crippen molar-refractivity contribution in [2.75, 3.05) is 26.2 Å². The van der Waals surface area contributed by atoms with Crippen LogP contribution in [0.2, 0.25) is 0 Å². The molecule has 0 unspecified atom stereocenters. The molecule has 0 spiro atoms. The molecule has 7 nitrogen and oxygen atoms in total. The van der Waals surface area contributed by atoms with Gasteiger partial charge in [-0.05, 0) is 31.9 Å². The fourth-order valence-electron chi connectivity index (χ4n) is 3.01. The van der Waals surface area contributed by atoms with E-state index in [9.17, 15) is 4.79 Å². The minimum Gasteiger partial charge on any atom is -0.444 e. The molecule has 1 fully saturated rings. The number of aliphatic imine (C=N–C) groups is 1. The summed E-state index contributed by atoms with van der Waals surface area (Å²) in [5, 5.41) is 6.41. The zero-order valence-corrected chi connectivity index (χ0v) is 18.5. The van der Waals surface area contributed by atoms with Crippen LogP contribution in [0, 0.1) is 0 Å². The lowest BCUT2D eigenvalue weighted by molar-refractivity contribution is -0.129. The number of halogens is 1. The quantitative estimate of drug-likeness (QED) is 0.349. The lowest BCUT2D eigenvalue weighted by atomic mass is 10.2. The molecular formula is C20H28IN5O2. The van der Waals surface area contributed by atoms with Crippen molar-refractivity contribution in [2.45, 2.75) is 32.7 Å². The molecule has 3 rings (SSSR count). The van der Waals surface area contributed by atoms with Gasteiger partial charge in [-0.1, -0.05) is 18.2 Å². The minimum absolute atomic E-state index is 0. The Kier molecular flexibility index (Phi) is 9.26. The highest BCUT2D eigenvalue weighted by Crippen LogP contribution is 2.18. The van der Waals surface area contributed by atoms with E-state index in [1.54, 1.807) is 6.26 Å². The number of carbonyl (C=O) groups excluding carboxylic acids is 1. The van der Waals surface area contributed by atoms with Gasteiger partial charge in [-0.3, -0.25) is 4.79 Å². The molecule has 0 saturated carbocycles. The molecule has 2 N–H and O–H groups in total. The number of guanidine groups is 1. The average Bonchev–Trinajstić information content (AvgIpc) is 3.39. The first-order valence-electron chi connectivity index (χ1n) is 9.56. The van der Waals surface area contributed by atoms with Gasteiger partial charge in [0.05, 0.1) is 6.54 Å². The highest BCUT2D eigenvalue weighted by atomic mass is 127. The predicted molar refractivity (Wildman–Crippen MR) is 121 cm³/mol. The van der Waals surface area contributed by atoms with Gasteiger partial charge in [0.1, 0.15) is 12.0 Å². The number of benzene rings is 1. The number of oxazole rings is 1. The lowest BCUT2D eigenvalue weighted by Crippen LogP contribution is -2.39. The van der Waals surface area contributed by atoms with E-state index < -0.39 is 0 Å². The van der Waals surface area contributed by atoms with E-state index in [2.05, 4.69) is 20.6 Å². The molecule has 28 heavy (non-hydrogen) atoms. The monoisotopic (exact) mass is 497 g/mol. The first kappa shape index (κ1) is 22.2. The van der Waals surface area contributed by atoms with Crippen molar-refractivity contribution in [1.82, 2.24) is 20.5 Å². The molecule has 1 aromatic carbocycles. The molecule has 2 aromatic rings. The highest BCUT2D eigenvalue weighted by Gasteiger charge is 2.17. The molecule has 1 aliphatic heterocycles. The van der Waals surface area contributed by atoms with Gasteiger partial charge in [0.15, 0.2) is 5.96 Å². The van der Waals surface area contributed by atoms with E-state index in [-0.39, 0.29) is 29.9 Å². The lowest BCUT2D eigenvalue weighted by Gasteiger charge is -2.16. The van der Waals surface area contributed by atoms with E-state index in [4.69, 9.17) is 4.42 Å². The van der Waals surface area contributed by atoms with Crippen LogP contribution in [0.1, 0.15) is 31.9 Å². The zero-order chi connectivity index (χ0) is 18.9. The molecule has 0 bridgehead atoms. The topological polar surface area (TPSA) is 82.8 Å². The molecule has 1 aliphatic rings. The summed E-state index contributed by atoms with van der Waals surface area (Å²) in [6.45, 7) is 5.52. The Balaban J connectivity index is 0.00000280. The number of amides is 1. The number of nitrogens with zero attached hydrogens (tertiary/aromatic N) is 3. The van der Waals surface area contributed by atoms with E-state index in [0.717, 1.165) is 43.7 Å². The number of likely N-dealkylation sites (tertiary alicyclic amines) is 1. The molecule has 0 aliphatic carbocycles. The Labute approximate surface area is 183 Å². The second kappa shape index (κ2) is 11.7. The van der Waals surface area contributed by atoms with Crippen molar-refractivity contribution in [3.05, 3.63) is 42.3 Å². The van der Waals surface area contributed by atoms with Crippen molar-refractivity contribution < 1.29 is 9.21 Å². The second-order valence-electron chi connectivity index (χ2n) is 6.47. The molecule has 2 heterocycles. The van der Waals surface area contributed by atoms with Crippen molar-refractivity contribution in [3.63, 3.8) is 0 Å². The van der Waals surface area contributed by atoms with Gasteiger partial charge < -0.3 is 20.0 Å². The van der Waals surface area contributed by atoms with Gasteiger partial charge in [-0.25, -0.2) is 9.98 Å². The van der Waals surface area contributed by atoms with E-state index in [1.807, 2.05) is 42.2 Å². The van der Waals surface area contributed by atoms with Gasteiger partial charge >= 0.3 is 0 Å². The first-order chi connectivity index (χ1) is 13.3. The normalized spacial score (nSPS) is 13.9. The Hall–Kier alpha value is -2.10. The number of nitrogens with one attached hydrogen (secondary N) is 2. The zero-order valence-electron chi connectivity index (χ0n) is 16.2. The third-order valence-corrected chi connectivity index (χ3v) is 4.41. The smallest absolute Gasteiger partial charge is 0.226 e. The van der Waals surface area contributed by atoms with Crippen LogP contribution >= 0.6 is 24.0 Å². The van der Waals surface area contributed by atoms with E-state index in [0.29, 0.717) is 31.4 Å². The van der Waals surface area contributed by atoms with Crippen LogP contribution in [0.4, 0.5) is 0 Å². The molecule has 1 aromatic heterocycles. The molecule has 1 amide bonds. The predicted octanol–water partition coefficient (Wildman–Crippen LogP) is 3.03. The van der Waals surface area contributed by atoms with E-state index >= 15 is 0 Å². The summed E-state index contributed by atoms with van der Waals surface area (Å²) in [4.78, 5) is 23.1. The molecule has 8 heteroatoms. The molecule has 0 atom stereocenters. The molecule has 1 saturated heterocycles. The summed E-state index contributed by atoms with van der Waals surface area (Å²) >= 11 is 0. The standard InChI is InChI=1S/C20H27N5O2.HI/c1-2-21-20(22-11-10-18(26)25-12-6-7-13-25)23-14-17-15-27-19(24-17)16-8-4-3-5-9-16;/h3-5,8-9,15H,2,6-7,10-14H2,1H3,(H2,21,22,23);1H. The average molecular weight is 497 g/mol. The maximum atomic E-state index is 12.1. The van der Waals surface area contributed by atoms with Crippen molar-refractivity contribution in [3.8, 4) is 11.5 Å². The van der Waals surface area contributed by atoms with Crippen LogP contribution in [0.25, 0.3) is 11.5 Å². The molecular weight excluding hydrogens is 469 g/mol. The van der Waals surface area contributed by atoms with Crippen LogP contribution in [-0.2, 0) is 11.3 Å². The number of rotatable bonds is 7. The van der Waals surface area contributed by atoms with Gasteiger partial charge in [-0.15, -0.1) is 24.0 Å². The minimum atomic E-state index is 0. The van der Waals surface area contributed by atoms with Crippen LogP contribution < -0.4 is 10.6 Å². The largest absolute Gasteiger partial charge is 0.444 e. The first-order valence-corrected chi connectivity index (χ1v) is 9.56. The van der Waals surface area contributed by atoms with Crippen LogP contribution in [0.3, 0.4) is 0 Å². The van der Waals surface area contributed by atoms with Crippen molar-refractivity contribution >= 4 is 35.8 Å². The summed E-state index contributed by atoms with van der Waals surface area (Å²) in [6, 6.07) is 9.78. The Bertz CT molecular complexity index is 757. The summed E-state index contributed by atoms with van der Waals surface area (Å²) in [6.07, 6.45) is 4.34. The summed E-state index contributed by atoms with van der Waals surface area (Å²) in [7, 11) is 0. The maximum Gasteiger partial charge on any atom is 0.226 e. The summed E-state index contributed by atoms with van der Waals surface area (Å²) in [5.41, 5.74) is 1.71. The third kappa shape index (κ3) is 6.50. The maximum absolute atomic E-state index is 12.1. The van der Waals surface area contributed by atoms with Crippen molar-refractivity contribution in [1.29, 1.82) is 0 Å².